The van der Waals surface area contributed by atoms with E-state index in [0.717, 1.165) is 17.9 Å². The molecule has 1 N–H and O–H groups in total. The van der Waals surface area contributed by atoms with Crippen molar-refractivity contribution in [2.75, 3.05) is 25.1 Å². The van der Waals surface area contributed by atoms with E-state index >= 15 is 0 Å². The molecule has 0 amide bonds. The number of alkyl halides is 3. The summed E-state index contributed by atoms with van der Waals surface area (Å²) >= 11 is 0. The first kappa shape index (κ1) is 14.6. The highest BCUT2D eigenvalue weighted by Crippen LogP contribution is 2.17. The zero-order valence-electron chi connectivity index (χ0n) is 10.1. The molecule has 0 unspecified atom stereocenters. The maximum absolute atomic E-state index is 11.7. The SMILES string of the molecule is CCCOc1ccc(NCCOC(F)(F)F)cc1. The molecule has 0 spiro atoms. The summed E-state index contributed by atoms with van der Waals surface area (Å²) in [6, 6.07) is 7.03. The molecule has 6 heteroatoms. The molecule has 3 nitrogen and oxygen atoms in total. The predicted octanol–water partition coefficient (Wildman–Crippen LogP) is 3.42. The van der Waals surface area contributed by atoms with Gasteiger partial charge in [0.05, 0.1) is 13.2 Å². The smallest absolute Gasteiger partial charge is 0.494 e. The van der Waals surface area contributed by atoms with Gasteiger partial charge >= 0.3 is 6.36 Å². The number of benzene rings is 1. The summed E-state index contributed by atoms with van der Waals surface area (Å²) in [6.45, 7) is 2.33. The van der Waals surface area contributed by atoms with Gasteiger partial charge in [0, 0.05) is 12.2 Å². The summed E-state index contributed by atoms with van der Waals surface area (Å²) in [4.78, 5) is 0. The van der Waals surface area contributed by atoms with E-state index in [1.54, 1.807) is 24.3 Å². The van der Waals surface area contributed by atoms with Crippen LogP contribution in [0.1, 0.15) is 13.3 Å². The highest BCUT2D eigenvalue weighted by molar-refractivity contribution is 5.46. The van der Waals surface area contributed by atoms with Crippen LogP contribution in [0.25, 0.3) is 0 Å². The number of ether oxygens (including phenoxy) is 2. The largest absolute Gasteiger partial charge is 0.522 e. The third-order valence-corrected chi connectivity index (χ3v) is 2.02. The second kappa shape index (κ2) is 7.10. The van der Waals surface area contributed by atoms with Crippen molar-refractivity contribution in [3.8, 4) is 5.75 Å². The standard InChI is InChI=1S/C12H16F3NO2/c1-2-8-17-11-5-3-10(4-6-11)16-7-9-18-12(13,14)15/h3-6,16H,2,7-9H2,1H3. The third-order valence-electron chi connectivity index (χ3n) is 2.02. The molecule has 0 aliphatic carbocycles. The van der Waals surface area contributed by atoms with E-state index < -0.39 is 13.0 Å². The van der Waals surface area contributed by atoms with E-state index in [-0.39, 0.29) is 6.54 Å². The van der Waals surface area contributed by atoms with Crippen molar-refractivity contribution in [1.82, 2.24) is 0 Å². The lowest BCUT2D eigenvalue weighted by Crippen LogP contribution is -2.19. The second-order valence-corrected chi connectivity index (χ2v) is 3.59. The number of halogens is 3. The minimum atomic E-state index is -4.57. The fourth-order valence-corrected chi connectivity index (χ4v) is 1.25. The summed E-state index contributed by atoms with van der Waals surface area (Å²) in [7, 11) is 0. The monoisotopic (exact) mass is 263 g/mol. The van der Waals surface area contributed by atoms with E-state index in [4.69, 9.17) is 4.74 Å². The maximum atomic E-state index is 11.7. The lowest BCUT2D eigenvalue weighted by molar-refractivity contribution is -0.322. The normalized spacial score (nSPS) is 11.3. The molecule has 0 heterocycles. The Labute approximate surface area is 104 Å². The predicted molar refractivity (Wildman–Crippen MR) is 62.7 cm³/mol. The van der Waals surface area contributed by atoms with E-state index in [9.17, 15) is 13.2 Å². The van der Waals surface area contributed by atoms with Crippen molar-refractivity contribution < 1.29 is 22.6 Å². The van der Waals surface area contributed by atoms with E-state index in [0.29, 0.717) is 6.61 Å². The Balaban J connectivity index is 2.26. The van der Waals surface area contributed by atoms with Crippen molar-refractivity contribution >= 4 is 5.69 Å². The lowest BCUT2D eigenvalue weighted by Gasteiger charge is -2.10. The van der Waals surface area contributed by atoms with Crippen LogP contribution in [-0.2, 0) is 4.74 Å². The number of hydrogen-bond acceptors (Lipinski definition) is 3. The Morgan fingerprint density at radius 3 is 2.33 bits per heavy atom. The van der Waals surface area contributed by atoms with Gasteiger partial charge < -0.3 is 10.1 Å². The third kappa shape index (κ3) is 6.34. The van der Waals surface area contributed by atoms with Gasteiger partial charge in [-0.25, -0.2) is 0 Å². The minimum absolute atomic E-state index is 0.0919. The Bertz CT molecular complexity index is 338. The van der Waals surface area contributed by atoms with Gasteiger partial charge in [-0.3, -0.25) is 4.74 Å². The molecular weight excluding hydrogens is 247 g/mol. The highest BCUT2D eigenvalue weighted by Gasteiger charge is 2.28. The topological polar surface area (TPSA) is 30.5 Å². The minimum Gasteiger partial charge on any atom is -0.494 e. The van der Waals surface area contributed by atoms with Gasteiger partial charge in [-0.15, -0.1) is 13.2 Å². The molecule has 0 fully saturated rings. The van der Waals surface area contributed by atoms with E-state index in [2.05, 4.69) is 10.1 Å². The Morgan fingerprint density at radius 1 is 1.11 bits per heavy atom. The first-order valence-electron chi connectivity index (χ1n) is 5.68. The zero-order valence-corrected chi connectivity index (χ0v) is 10.1. The van der Waals surface area contributed by atoms with Crippen LogP contribution in [0.15, 0.2) is 24.3 Å². The summed E-state index contributed by atoms with van der Waals surface area (Å²) in [5.41, 5.74) is 0.727. The molecule has 0 bridgehead atoms. The molecule has 0 aliphatic rings. The van der Waals surface area contributed by atoms with Gasteiger partial charge in [-0.2, -0.15) is 0 Å². The molecule has 0 atom stereocenters. The average molecular weight is 263 g/mol. The Morgan fingerprint density at radius 2 is 1.78 bits per heavy atom. The molecule has 102 valence electrons. The molecule has 0 saturated heterocycles. The molecule has 0 aliphatic heterocycles. The van der Waals surface area contributed by atoms with Crippen molar-refractivity contribution in [2.24, 2.45) is 0 Å². The van der Waals surface area contributed by atoms with Crippen LogP contribution in [0.5, 0.6) is 5.75 Å². The summed E-state index contributed by atoms with van der Waals surface area (Å²) in [6.07, 6.45) is -3.64. The number of anilines is 1. The molecule has 0 aromatic heterocycles. The number of rotatable bonds is 7. The molecule has 18 heavy (non-hydrogen) atoms. The van der Waals surface area contributed by atoms with Gasteiger partial charge in [0.1, 0.15) is 5.75 Å². The average Bonchev–Trinajstić information content (AvgIpc) is 2.32. The first-order chi connectivity index (χ1) is 8.51. The van der Waals surface area contributed by atoms with Crippen LogP contribution in [0.4, 0.5) is 18.9 Å². The highest BCUT2D eigenvalue weighted by atomic mass is 19.4. The van der Waals surface area contributed by atoms with E-state index in [1.165, 1.54) is 0 Å². The van der Waals surface area contributed by atoms with Crippen LogP contribution in [0.3, 0.4) is 0 Å². The van der Waals surface area contributed by atoms with Gasteiger partial charge in [0.15, 0.2) is 0 Å². The maximum Gasteiger partial charge on any atom is 0.522 e. The Hall–Kier alpha value is -1.43. The number of nitrogens with one attached hydrogen (secondary N) is 1. The van der Waals surface area contributed by atoms with Crippen LogP contribution in [0, 0.1) is 0 Å². The first-order valence-corrected chi connectivity index (χ1v) is 5.68. The van der Waals surface area contributed by atoms with Crippen molar-refractivity contribution in [1.29, 1.82) is 0 Å². The van der Waals surface area contributed by atoms with Crippen molar-refractivity contribution in [3.05, 3.63) is 24.3 Å². The van der Waals surface area contributed by atoms with Gasteiger partial charge in [-0.05, 0) is 30.7 Å². The van der Waals surface area contributed by atoms with Crippen LogP contribution in [-0.4, -0.2) is 26.1 Å². The van der Waals surface area contributed by atoms with Crippen molar-refractivity contribution in [3.63, 3.8) is 0 Å². The fraction of sp³-hybridized carbons (Fsp3) is 0.500. The quantitative estimate of drug-likeness (QED) is 0.764. The van der Waals surface area contributed by atoms with Gasteiger partial charge in [-0.1, -0.05) is 6.92 Å². The van der Waals surface area contributed by atoms with Gasteiger partial charge in [0.2, 0.25) is 0 Å². The fourth-order valence-electron chi connectivity index (χ4n) is 1.25. The van der Waals surface area contributed by atoms with Crippen LogP contribution >= 0.6 is 0 Å². The summed E-state index contributed by atoms with van der Waals surface area (Å²) in [5.74, 6) is 0.744. The number of hydrogen-bond donors (Lipinski definition) is 1. The molecule has 1 rings (SSSR count). The second-order valence-electron chi connectivity index (χ2n) is 3.59. The zero-order chi connectivity index (χ0) is 13.4. The van der Waals surface area contributed by atoms with Crippen LogP contribution < -0.4 is 10.1 Å². The van der Waals surface area contributed by atoms with Crippen molar-refractivity contribution in [2.45, 2.75) is 19.7 Å². The molecule has 1 aromatic rings. The molecule has 1 aromatic carbocycles. The summed E-state index contributed by atoms with van der Waals surface area (Å²) < 4.78 is 44.1. The molecule has 0 radical (unpaired) electrons. The van der Waals surface area contributed by atoms with Crippen LogP contribution in [0.2, 0.25) is 0 Å². The van der Waals surface area contributed by atoms with Gasteiger partial charge in [0.25, 0.3) is 0 Å². The molecule has 0 saturated carbocycles. The van der Waals surface area contributed by atoms with E-state index in [1.807, 2.05) is 6.92 Å². The summed E-state index contributed by atoms with van der Waals surface area (Å²) in [5, 5.41) is 2.82. The Kier molecular flexibility index (Phi) is 5.77. The molecular formula is C12H16F3NO2. The lowest BCUT2D eigenvalue weighted by atomic mass is 10.3.